The third-order valence-electron chi connectivity index (χ3n) is 5.17. The average molecular weight is 324 g/mol. The van der Waals surface area contributed by atoms with Gasteiger partial charge in [-0.05, 0) is 67.1 Å². The zero-order valence-corrected chi connectivity index (χ0v) is 16.6. The molecule has 128 valence electrons. The Morgan fingerprint density at radius 2 is 1.77 bits per heavy atom. The minimum Gasteiger partial charge on any atom is -0.376 e. The van der Waals surface area contributed by atoms with Gasteiger partial charge in [0.25, 0.3) is 0 Å². The van der Waals surface area contributed by atoms with Gasteiger partial charge in [0.2, 0.25) is 0 Å². The molecule has 1 unspecified atom stereocenters. The fraction of sp³-hybridized carbons (Fsp3) is 0.800. The van der Waals surface area contributed by atoms with Gasteiger partial charge in [0, 0.05) is 19.8 Å². The van der Waals surface area contributed by atoms with E-state index in [-0.39, 0.29) is 0 Å². The van der Waals surface area contributed by atoms with Crippen molar-refractivity contribution in [1.82, 2.24) is 4.90 Å². The Labute approximate surface area is 144 Å². The van der Waals surface area contributed by atoms with Crippen LogP contribution >= 0.6 is 12.6 Å². The molecule has 1 saturated carbocycles. The molecule has 0 aliphatic heterocycles. The van der Waals surface area contributed by atoms with E-state index < -0.39 is 0 Å². The monoisotopic (exact) mass is 323 g/mol. The Kier molecular flexibility index (Phi) is 7.11. The van der Waals surface area contributed by atoms with Crippen LogP contribution in [0.25, 0.3) is 0 Å². The number of nitrogens with zero attached hydrogens (tertiary/aromatic N) is 1. The molecule has 1 fully saturated rings. The lowest BCUT2D eigenvalue weighted by molar-refractivity contribution is 0.0939. The molecule has 1 aliphatic rings. The maximum absolute atomic E-state index is 4.33. The summed E-state index contributed by atoms with van der Waals surface area (Å²) in [5, 5.41) is 0. The van der Waals surface area contributed by atoms with E-state index in [2.05, 4.69) is 65.1 Å². The van der Waals surface area contributed by atoms with Crippen molar-refractivity contribution >= 4 is 12.6 Å². The topological polar surface area (TPSA) is 3.24 Å². The van der Waals surface area contributed by atoms with Crippen molar-refractivity contribution in [2.24, 2.45) is 16.7 Å². The SMILES string of the molecule is C=C(CC(C)CC1(C)CCC(C)(C)CC1)CN(C)/C=C(\C)S. The van der Waals surface area contributed by atoms with Gasteiger partial charge in [-0.1, -0.05) is 39.8 Å². The second-order valence-corrected chi connectivity index (χ2v) is 9.63. The van der Waals surface area contributed by atoms with E-state index in [9.17, 15) is 0 Å². The Morgan fingerprint density at radius 1 is 1.23 bits per heavy atom. The van der Waals surface area contributed by atoms with E-state index in [1.54, 1.807) is 0 Å². The van der Waals surface area contributed by atoms with E-state index in [1.165, 1.54) is 37.7 Å². The average Bonchev–Trinajstić information content (AvgIpc) is 2.32. The highest BCUT2D eigenvalue weighted by atomic mass is 32.1. The molecule has 0 amide bonds. The van der Waals surface area contributed by atoms with E-state index >= 15 is 0 Å². The van der Waals surface area contributed by atoms with Crippen molar-refractivity contribution in [1.29, 1.82) is 0 Å². The van der Waals surface area contributed by atoms with Gasteiger partial charge in [0.1, 0.15) is 0 Å². The largest absolute Gasteiger partial charge is 0.376 e. The Morgan fingerprint density at radius 3 is 2.27 bits per heavy atom. The smallest absolute Gasteiger partial charge is 0.0377 e. The zero-order valence-electron chi connectivity index (χ0n) is 15.7. The van der Waals surface area contributed by atoms with Crippen LogP contribution in [-0.2, 0) is 0 Å². The predicted octanol–water partition coefficient (Wildman–Crippen LogP) is 6.29. The van der Waals surface area contributed by atoms with Crippen molar-refractivity contribution in [3.8, 4) is 0 Å². The molecule has 0 heterocycles. The third-order valence-corrected chi connectivity index (χ3v) is 5.28. The first-order valence-electron chi connectivity index (χ1n) is 8.76. The maximum Gasteiger partial charge on any atom is 0.0377 e. The number of rotatable bonds is 7. The van der Waals surface area contributed by atoms with Crippen LogP contribution in [0.15, 0.2) is 23.3 Å². The van der Waals surface area contributed by atoms with Gasteiger partial charge in [-0.15, -0.1) is 12.6 Å². The van der Waals surface area contributed by atoms with Crippen molar-refractivity contribution in [2.75, 3.05) is 13.6 Å². The first-order valence-corrected chi connectivity index (χ1v) is 9.20. The van der Waals surface area contributed by atoms with Gasteiger partial charge in [-0.25, -0.2) is 0 Å². The Hall–Kier alpha value is -0.370. The summed E-state index contributed by atoms with van der Waals surface area (Å²) >= 11 is 4.33. The van der Waals surface area contributed by atoms with Crippen molar-refractivity contribution in [2.45, 2.75) is 73.1 Å². The van der Waals surface area contributed by atoms with E-state index in [0.717, 1.165) is 23.8 Å². The van der Waals surface area contributed by atoms with Gasteiger partial charge in [-0.2, -0.15) is 0 Å². The van der Waals surface area contributed by atoms with Crippen LogP contribution in [0.1, 0.15) is 73.1 Å². The van der Waals surface area contributed by atoms with E-state index in [0.29, 0.717) is 10.8 Å². The summed E-state index contributed by atoms with van der Waals surface area (Å²) in [5.74, 6) is 0.730. The molecule has 0 bridgehead atoms. The van der Waals surface area contributed by atoms with Crippen LogP contribution in [-0.4, -0.2) is 18.5 Å². The number of likely N-dealkylation sites (N-methyl/N-ethyl adjacent to an activating group) is 1. The highest BCUT2D eigenvalue weighted by molar-refractivity contribution is 7.84. The molecule has 0 radical (unpaired) electrons. The van der Waals surface area contributed by atoms with Crippen LogP contribution in [0.5, 0.6) is 0 Å². The lowest BCUT2D eigenvalue weighted by Gasteiger charge is -2.43. The van der Waals surface area contributed by atoms with Gasteiger partial charge < -0.3 is 4.90 Å². The van der Waals surface area contributed by atoms with E-state index in [4.69, 9.17) is 0 Å². The predicted molar refractivity (Wildman–Crippen MR) is 103 cm³/mol. The van der Waals surface area contributed by atoms with E-state index in [1.807, 2.05) is 6.92 Å². The molecular formula is C20H37NS. The molecule has 1 rings (SSSR count). The molecule has 0 aromatic heterocycles. The van der Waals surface area contributed by atoms with Crippen LogP contribution in [0.2, 0.25) is 0 Å². The molecular weight excluding hydrogens is 286 g/mol. The molecule has 1 aliphatic carbocycles. The summed E-state index contributed by atoms with van der Waals surface area (Å²) in [6.07, 6.45) is 10.1. The van der Waals surface area contributed by atoms with Gasteiger partial charge in [0.05, 0.1) is 0 Å². The van der Waals surface area contributed by atoms with Gasteiger partial charge in [-0.3, -0.25) is 0 Å². The summed E-state index contributed by atoms with van der Waals surface area (Å²) < 4.78 is 0. The molecule has 0 aromatic carbocycles. The van der Waals surface area contributed by atoms with Crippen LogP contribution in [0, 0.1) is 16.7 Å². The van der Waals surface area contributed by atoms with Crippen LogP contribution < -0.4 is 0 Å². The first-order chi connectivity index (χ1) is 10.0. The highest BCUT2D eigenvalue weighted by Gasteiger charge is 2.35. The summed E-state index contributed by atoms with van der Waals surface area (Å²) in [6.45, 7) is 17.0. The van der Waals surface area contributed by atoms with Crippen LogP contribution in [0.4, 0.5) is 0 Å². The summed E-state index contributed by atoms with van der Waals surface area (Å²) in [7, 11) is 2.10. The number of allylic oxidation sites excluding steroid dienone is 1. The Bertz CT molecular complexity index is 394. The van der Waals surface area contributed by atoms with Crippen molar-refractivity contribution in [3.63, 3.8) is 0 Å². The van der Waals surface area contributed by atoms with Crippen molar-refractivity contribution in [3.05, 3.63) is 23.3 Å². The lowest BCUT2D eigenvalue weighted by Crippen LogP contribution is -2.30. The Balaban J connectivity index is 2.41. The highest BCUT2D eigenvalue weighted by Crippen LogP contribution is 2.48. The second-order valence-electron chi connectivity index (χ2n) is 8.92. The first kappa shape index (κ1) is 19.7. The number of hydrogen-bond donors (Lipinski definition) is 1. The summed E-state index contributed by atoms with van der Waals surface area (Å²) in [6, 6.07) is 0. The minimum absolute atomic E-state index is 0.544. The molecule has 2 heteroatoms. The molecule has 0 aromatic rings. The lowest BCUT2D eigenvalue weighted by atomic mass is 9.63. The van der Waals surface area contributed by atoms with Crippen molar-refractivity contribution < 1.29 is 0 Å². The number of thiol groups is 1. The summed E-state index contributed by atoms with van der Waals surface area (Å²) in [5.41, 5.74) is 2.44. The summed E-state index contributed by atoms with van der Waals surface area (Å²) in [4.78, 5) is 3.23. The molecule has 0 saturated heterocycles. The molecule has 0 spiro atoms. The van der Waals surface area contributed by atoms with Gasteiger partial charge in [0.15, 0.2) is 0 Å². The second kappa shape index (κ2) is 7.95. The third kappa shape index (κ3) is 7.26. The van der Waals surface area contributed by atoms with Gasteiger partial charge >= 0.3 is 0 Å². The maximum atomic E-state index is 4.33. The fourth-order valence-electron chi connectivity index (χ4n) is 3.92. The normalized spacial score (nSPS) is 22.2. The molecule has 0 N–H and O–H groups in total. The minimum atomic E-state index is 0.544. The standard InChI is InChI=1S/C20H37NS/c1-16(12-17(2)14-21(7)15-18(3)22)13-20(6)10-8-19(4,5)9-11-20/h15-16,22H,2,8-14H2,1,3-7H3/b18-15+. The molecule has 22 heavy (non-hydrogen) atoms. The zero-order chi connectivity index (χ0) is 17.0. The van der Waals surface area contributed by atoms with Crippen LogP contribution in [0.3, 0.4) is 0 Å². The fourth-order valence-corrected chi connectivity index (χ4v) is 4.12. The number of hydrogen-bond acceptors (Lipinski definition) is 2. The molecule has 1 nitrogen and oxygen atoms in total. The molecule has 1 atom stereocenters. The quantitative estimate of drug-likeness (QED) is 0.426.